The Balaban J connectivity index is 3.06. The molecule has 0 aliphatic rings. The number of aromatic nitrogens is 1. The van der Waals surface area contributed by atoms with E-state index in [0.29, 0.717) is 5.71 Å². The highest BCUT2D eigenvalue weighted by atomic mass is 16.4. The third kappa shape index (κ3) is 1.77. The van der Waals surface area contributed by atoms with Crippen LogP contribution in [0.2, 0.25) is 0 Å². The first-order valence-corrected chi connectivity index (χ1v) is 3.35. The molecule has 3 nitrogen and oxygen atoms in total. The molecule has 3 heteroatoms. The van der Waals surface area contributed by atoms with Crippen molar-refractivity contribution in [2.45, 2.75) is 13.8 Å². The predicted octanol–water partition coefficient (Wildman–Crippen LogP) is 1.59. The molecule has 0 spiro atoms. The number of oxime groups is 1. The van der Waals surface area contributed by atoms with E-state index < -0.39 is 0 Å². The molecule has 0 saturated carbocycles. The van der Waals surface area contributed by atoms with Gasteiger partial charge in [-0.3, -0.25) is 4.98 Å². The molecule has 58 valence electrons. The lowest BCUT2D eigenvalue weighted by molar-refractivity contribution is 0.319. The van der Waals surface area contributed by atoms with Crippen LogP contribution >= 0.6 is 0 Å². The van der Waals surface area contributed by atoms with E-state index >= 15 is 0 Å². The van der Waals surface area contributed by atoms with Crippen LogP contribution in [0.5, 0.6) is 0 Å². The average molecular weight is 150 g/mol. The zero-order valence-electron chi connectivity index (χ0n) is 6.57. The second-order valence-corrected chi connectivity index (χ2v) is 2.37. The second-order valence-electron chi connectivity index (χ2n) is 2.37. The van der Waals surface area contributed by atoms with Crippen LogP contribution in [-0.4, -0.2) is 15.9 Å². The van der Waals surface area contributed by atoms with Crippen LogP contribution < -0.4 is 0 Å². The van der Waals surface area contributed by atoms with E-state index in [4.69, 9.17) is 5.21 Å². The maximum absolute atomic E-state index is 8.45. The summed E-state index contributed by atoms with van der Waals surface area (Å²) in [6, 6.07) is 3.68. The van der Waals surface area contributed by atoms with Gasteiger partial charge in [-0.1, -0.05) is 5.16 Å². The van der Waals surface area contributed by atoms with E-state index in [0.717, 1.165) is 11.3 Å². The summed E-state index contributed by atoms with van der Waals surface area (Å²) in [5.74, 6) is 0. The molecule has 0 radical (unpaired) electrons. The molecule has 0 aromatic carbocycles. The van der Waals surface area contributed by atoms with Gasteiger partial charge < -0.3 is 5.21 Å². The Bertz CT molecular complexity index is 281. The zero-order chi connectivity index (χ0) is 8.27. The molecule has 0 bridgehead atoms. The Kier molecular flexibility index (Phi) is 2.21. The Morgan fingerprint density at radius 1 is 1.64 bits per heavy atom. The van der Waals surface area contributed by atoms with Gasteiger partial charge in [0.15, 0.2) is 0 Å². The van der Waals surface area contributed by atoms with Crippen molar-refractivity contribution >= 4 is 5.71 Å². The lowest BCUT2D eigenvalue weighted by Crippen LogP contribution is -1.95. The van der Waals surface area contributed by atoms with Crippen LogP contribution in [0.25, 0.3) is 0 Å². The summed E-state index contributed by atoms with van der Waals surface area (Å²) >= 11 is 0. The van der Waals surface area contributed by atoms with E-state index in [1.54, 1.807) is 13.1 Å². The average Bonchev–Trinajstić information content (AvgIpc) is 2.03. The molecular weight excluding hydrogens is 140 g/mol. The number of hydrogen-bond donors (Lipinski definition) is 1. The molecular formula is C8H10N2O. The first-order chi connectivity index (χ1) is 5.24. The van der Waals surface area contributed by atoms with Gasteiger partial charge in [-0.25, -0.2) is 0 Å². The Labute approximate surface area is 65.4 Å². The number of nitrogens with zero attached hydrogens (tertiary/aromatic N) is 2. The second kappa shape index (κ2) is 3.14. The number of hydrogen-bond acceptors (Lipinski definition) is 3. The first kappa shape index (κ1) is 7.72. The fourth-order valence-corrected chi connectivity index (χ4v) is 0.828. The van der Waals surface area contributed by atoms with Gasteiger partial charge in [0.25, 0.3) is 0 Å². The van der Waals surface area contributed by atoms with E-state index in [1.165, 1.54) is 0 Å². The third-order valence-corrected chi connectivity index (χ3v) is 1.46. The van der Waals surface area contributed by atoms with E-state index in [1.807, 2.05) is 19.1 Å². The highest BCUT2D eigenvalue weighted by Gasteiger charge is 1.96. The van der Waals surface area contributed by atoms with Crippen molar-refractivity contribution in [2.24, 2.45) is 5.16 Å². The van der Waals surface area contributed by atoms with Crippen LogP contribution in [0.3, 0.4) is 0 Å². The molecule has 0 aliphatic heterocycles. The lowest BCUT2D eigenvalue weighted by Gasteiger charge is -1.97. The van der Waals surface area contributed by atoms with Crippen molar-refractivity contribution in [3.8, 4) is 0 Å². The van der Waals surface area contributed by atoms with E-state index in [9.17, 15) is 0 Å². The van der Waals surface area contributed by atoms with Gasteiger partial charge >= 0.3 is 0 Å². The minimum atomic E-state index is 0.607. The normalized spacial score (nSPS) is 11.6. The summed E-state index contributed by atoms with van der Waals surface area (Å²) in [6.45, 7) is 3.64. The number of pyridine rings is 1. The molecule has 1 aromatic heterocycles. The van der Waals surface area contributed by atoms with Crippen LogP contribution in [0.15, 0.2) is 23.5 Å². The highest BCUT2D eigenvalue weighted by molar-refractivity contribution is 5.98. The number of rotatable bonds is 1. The van der Waals surface area contributed by atoms with Gasteiger partial charge in [-0.2, -0.15) is 0 Å². The largest absolute Gasteiger partial charge is 0.411 e. The zero-order valence-corrected chi connectivity index (χ0v) is 6.57. The molecule has 1 rings (SSSR count). The lowest BCUT2D eigenvalue weighted by atomic mass is 10.1. The van der Waals surface area contributed by atoms with Gasteiger partial charge in [0.05, 0.1) is 5.71 Å². The van der Waals surface area contributed by atoms with Gasteiger partial charge in [-0.05, 0) is 26.0 Å². The van der Waals surface area contributed by atoms with Crippen molar-refractivity contribution in [1.82, 2.24) is 4.98 Å². The standard InChI is InChI=1S/C8H10N2O/c1-6-5-8(3-4-9-6)7(2)10-11/h3-5,11H,1-2H3/b10-7+. The summed E-state index contributed by atoms with van der Waals surface area (Å²) in [7, 11) is 0. The molecule has 1 aromatic rings. The summed E-state index contributed by atoms with van der Waals surface area (Å²) in [5.41, 5.74) is 2.43. The van der Waals surface area contributed by atoms with Crippen molar-refractivity contribution < 1.29 is 5.21 Å². The van der Waals surface area contributed by atoms with Crippen molar-refractivity contribution in [1.29, 1.82) is 0 Å². The van der Waals surface area contributed by atoms with Crippen molar-refractivity contribution in [3.05, 3.63) is 29.6 Å². The first-order valence-electron chi connectivity index (χ1n) is 3.35. The predicted molar refractivity (Wildman–Crippen MR) is 43.0 cm³/mol. The van der Waals surface area contributed by atoms with Gasteiger partial charge in [0, 0.05) is 17.5 Å². The van der Waals surface area contributed by atoms with Crippen molar-refractivity contribution in [3.63, 3.8) is 0 Å². The fourth-order valence-electron chi connectivity index (χ4n) is 0.828. The van der Waals surface area contributed by atoms with Crippen LogP contribution in [0.4, 0.5) is 0 Å². The topological polar surface area (TPSA) is 45.5 Å². The molecule has 0 unspecified atom stereocenters. The Morgan fingerprint density at radius 3 is 2.91 bits per heavy atom. The molecule has 0 aliphatic carbocycles. The van der Waals surface area contributed by atoms with Gasteiger partial charge in [-0.15, -0.1) is 0 Å². The highest BCUT2D eigenvalue weighted by Crippen LogP contribution is 2.01. The Morgan fingerprint density at radius 2 is 2.36 bits per heavy atom. The van der Waals surface area contributed by atoms with Gasteiger partial charge in [0.2, 0.25) is 0 Å². The summed E-state index contributed by atoms with van der Waals surface area (Å²) in [6.07, 6.45) is 1.69. The molecule has 1 heterocycles. The third-order valence-electron chi connectivity index (χ3n) is 1.46. The maximum Gasteiger partial charge on any atom is 0.0838 e. The van der Waals surface area contributed by atoms with Crippen LogP contribution in [-0.2, 0) is 0 Å². The maximum atomic E-state index is 8.45. The van der Waals surface area contributed by atoms with E-state index in [2.05, 4.69) is 10.1 Å². The summed E-state index contributed by atoms with van der Waals surface area (Å²) < 4.78 is 0. The minimum Gasteiger partial charge on any atom is -0.411 e. The van der Waals surface area contributed by atoms with Gasteiger partial charge in [0.1, 0.15) is 0 Å². The minimum absolute atomic E-state index is 0.607. The van der Waals surface area contributed by atoms with E-state index in [-0.39, 0.29) is 0 Å². The number of aryl methyl sites for hydroxylation is 1. The quantitative estimate of drug-likeness (QED) is 0.375. The Hall–Kier alpha value is -1.38. The monoisotopic (exact) mass is 150 g/mol. The SMILES string of the molecule is C/C(=N\O)c1ccnc(C)c1. The van der Waals surface area contributed by atoms with Crippen LogP contribution in [0, 0.1) is 6.92 Å². The smallest absolute Gasteiger partial charge is 0.0838 e. The molecule has 0 amide bonds. The molecule has 0 saturated heterocycles. The molecule has 11 heavy (non-hydrogen) atoms. The summed E-state index contributed by atoms with van der Waals surface area (Å²) in [5, 5.41) is 11.5. The molecule has 0 atom stereocenters. The van der Waals surface area contributed by atoms with Crippen LogP contribution in [0.1, 0.15) is 18.2 Å². The fraction of sp³-hybridized carbons (Fsp3) is 0.250. The molecule has 0 fully saturated rings. The molecule has 1 N–H and O–H groups in total. The van der Waals surface area contributed by atoms with Crippen molar-refractivity contribution in [2.75, 3.05) is 0 Å². The summed E-state index contributed by atoms with van der Waals surface area (Å²) in [4.78, 5) is 4.02.